The van der Waals surface area contributed by atoms with Gasteiger partial charge in [-0.25, -0.2) is 0 Å². The highest BCUT2D eigenvalue weighted by atomic mass is 16.1. The van der Waals surface area contributed by atoms with E-state index in [9.17, 15) is 9.59 Å². The Morgan fingerprint density at radius 2 is 1.17 bits per heavy atom. The van der Waals surface area contributed by atoms with Crippen molar-refractivity contribution >= 4 is 11.6 Å². The lowest BCUT2D eigenvalue weighted by Crippen LogP contribution is -1.99. The third-order valence-corrected chi connectivity index (χ3v) is 3.29. The second-order valence-electron chi connectivity index (χ2n) is 5.32. The first kappa shape index (κ1) is 17.3. The summed E-state index contributed by atoms with van der Waals surface area (Å²) >= 11 is 0. The lowest BCUT2D eigenvalue weighted by atomic mass is 10.0. The summed E-state index contributed by atoms with van der Waals surface area (Å²) < 4.78 is 0. The van der Waals surface area contributed by atoms with Gasteiger partial charge in [-0.1, -0.05) is 51.9 Å². The fourth-order valence-electron chi connectivity index (χ4n) is 2.12. The van der Waals surface area contributed by atoms with Crippen LogP contribution in [0, 0.1) is 0 Å². The molecule has 0 atom stereocenters. The summed E-state index contributed by atoms with van der Waals surface area (Å²) in [5.41, 5.74) is 0. The van der Waals surface area contributed by atoms with Gasteiger partial charge in [-0.15, -0.1) is 0 Å². The zero-order chi connectivity index (χ0) is 13.6. The minimum absolute atomic E-state index is 0.190. The van der Waals surface area contributed by atoms with Gasteiger partial charge in [-0.3, -0.25) is 4.79 Å². The Kier molecular flexibility index (Phi) is 12.3. The lowest BCUT2D eigenvalue weighted by Gasteiger charge is -2.02. The van der Waals surface area contributed by atoms with Crippen LogP contribution in [0.25, 0.3) is 0 Å². The monoisotopic (exact) mass is 254 g/mol. The second kappa shape index (κ2) is 12.8. The molecule has 0 bridgehead atoms. The summed E-state index contributed by atoms with van der Waals surface area (Å²) in [5, 5.41) is 0. The van der Waals surface area contributed by atoms with Crippen molar-refractivity contribution in [2.45, 2.75) is 90.9 Å². The van der Waals surface area contributed by atoms with Crippen LogP contribution in [0.5, 0.6) is 0 Å². The van der Waals surface area contributed by atoms with Crippen LogP contribution >= 0.6 is 0 Å². The average Bonchev–Trinajstić information content (AvgIpc) is 2.32. The topological polar surface area (TPSA) is 34.1 Å². The third-order valence-electron chi connectivity index (χ3n) is 3.29. The molecule has 106 valence electrons. The Labute approximate surface area is 113 Å². The molecule has 0 saturated carbocycles. The predicted molar refractivity (Wildman–Crippen MR) is 76.8 cm³/mol. The zero-order valence-electron chi connectivity index (χ0n) is 12.3. The first-order valence-electron chi connectivity index (χ1n) is 7.68. The molecule has 0 spiro atoms. The van der Waals surface area contributed by atoms with Gasteiger partial charge in [0.25, 0.3) is 0 Å². The van der Waals surface area contributed by atoms with E-state index < -0.39 is 0 Å². The number of rotatable bonds is 13. The van der Waals surface area contributed by atoms with Crippen molar-refractivity contribution in [3.05, 3.63) is 0 Å². The molecule has 0 aliphatic heterocycles. The maximum atomic E-state index is 11.5. The summed E-state index contributed by atoms with van der Waals surface area (Å²) in [6, 6.07) is 0. The van der Waals surface area contributed by atoms with E-state index >= 15 is 0 Å². The van der Waals surface area contributed by atoms with E-state index in [1.54, 1.807) is 6.92 Å². The summed E-state index contributed by atoms with van der Waals surface area (Å²) in [7, 11) is 0. The highest BCUT2D eigenvalue weighted by Crippen LogP contribution is 2.10. The number of carbonyl (C=O) groups is 2. The van der Waals surface area contributed by atoms with Crippen molar-refractivity contribution in [3.63, 3.8) is 0 Å². The van der Waals surface area contributed by atoms with E-state index in [2.05, 4.69) is 6.92 Å². The van der Waals surface area contributed by atoms with Crippen LogP contribution in [0.3, 0.4) is 0 Å². The standard InChI is InChI=1S/C16H30O2/c1-3-4-5-6-7-8-9-10-13-16(18)14-11-12-15(2)17/h3-14H2,1-2H3. The average molecular weight is 254 g/mol. The largest absolute Gasteiger partial charge is 0.300 e. The van der Waals surface area contributed by atoms with Crippen LogP contribution < -0.4 is 0 Å². The van der Waals surface area contributed by atoms with Gasteiger partial charge in [0.05, 0.1) is 0 Å². The summed E-state index contributed by atoms with van der Waals surface area (Å²) in [4.78, 5) is 22.2. The van der Waals surface area contributed by atoms with Gasteiger partial charge in [-0.05, 0) is 19.8 Å². The van der Waals surface area contributed by atoms with E-state index in [0.717, 1.165) is 12.8 Å². The van der Waals surface area contributed by atoms with Crippen molar-refractivity contribution in [2.75, 3.05) is 0 Å². The molecule has 0 amide bonds. The van der Waals surface area contributed by atoms with Gasteiger partial charge in [-0.2, -0.15) is 0 Å². The van der Waals surface area contributed by atoms with Crippen LogP contribution in [0.4, 0.5) is 0 Å². The Morgan fingerprint density at radius 3 is 1.72 bits per heavy atom. The second-order valence-corrected chi connectivity index (χ2v) is 5.32. The van der Waals surface area contributed by atoms with E-state index in [1.807, 2.05) is 0 Å². The molecule has 0 aromatic carbocycles. The normalized spacial score (nSPS) is 10.6. The minimum atomic E-state index is 0.190. The Balaban J connectivity index is 3.17. The van der Waals surface area contributed by atoms with Crippen molar-refractivity contribution in [1.29, 1.82) is 0 Å². The van der Waals surface area contributed by atoms with Gasteiger partial charge in [0, 0.05) is 19.3 Å². The highest BCUT2D eigenvalue weighted by molar-refractivity contribution is 5.80. The maximum absolute atomic E-state index is 11.5. The maximum Gasteiger partial charge on any atom is 0.132 e. The molecule has 2 nitrogen and oxygen atoms in total. The zero-order valence-corrected chi connectivity index (χ0v) is 12.3. The number of unbranched alkanes of at least 4 members (excludes halogenated alkanes) is 7. The first-order chi connectivity index (χ1) is 8.66. The quantitative estimate of drug-likeness (QED) is 0.440. The fourth-order valence-corrected chi connectivity index (χ4v) is 2.12. The summed E-state index contributed by atoms with van der Waals surface area (Å²) in [6.45, 7) is 3.82. The molecule has 18 heavy (non-hydrogen) atoms. The summed E-state index contributed by atoms with van der Waals surface area (Å²) in [5.74, 6) is 0.525. The molecule has 0 N–H and O–H groups in total. The third kappa shape index (κ3) is 13.4. The molecule has 0 aromatic heterocycles. The van der Waals surface area contributed by atoms with Gasteiger partial charge in [0.15, 0.2) is 0 Å². The minimum Gasteiger partial charge on any atom is -0.300 e. The molecule has 2 heteroatoms. The van der Waals surface area contributed by atoms with Crippen molar-refractivity contribution in [2.24, 2.45) is 0 Å². The molecule has 0 radical (unpaired) electrons. The van der Waals surface area contributed by atoms with Crippen LogP contribution in [-0.4, -0.2) is 11.6 Å². The van der Waals surface area contributed by atoms with Crippen LogP contribution in [0.15, 0.2) is 0 Å². The van der Waals surface area contributed by atoms with Gasteiger partial charge in [0.1, 0.15) is 11.6 Å². The van der Waals surface area contributed by atoms with Gasteiger partial charge >= 0.3 is 0 Å². The van der Waals surface area contributed by atoms with E-state index in [1.165, 1.54) is 44.9 Å². The Morgan fingerprint density at radius 1 is 0.667 bits per heavy atom. The number of hydrogen-bond acceptors (Lipinski definition) is 2. The van der Waals surface area contributed by atoms with Crippen molar-refractivity contribution < 1.29 is 9.59 Å². The number of carbonyl (C=O) groups excluding carboxylic acids is 2. The van der Waals surface area contributed by atoms with Crippen LogP contribution in [0.2, 0.25) is 0 Å². The lowest BCUT2D eigenvalue weighted by molar-refractivity contribution is -0.119. The molecule has 0 unspecified atom stereocenters. The molecular formula is C16H30O2. The summed E-state index contributed by atoms with van der Waals surface area (Å²) in [6.07, 6.45) is 12.8. The van der Waals surface area contributed by atoms with Crippen LogP contribution in [0.1, 0.15) is 90.9 Å². The van der Waals surface area contributed by atoms with Gasteiger partial charge < -0.3 is 4.79 Å². The molecule has 0 fully saturated rings. The molecule has 0 saturated heterocycles. The van der Waals surface area contributed by atoms with E-state index in [-0.39, 0.29) is 5.78 Å². The highest BCUT2D eigenvalue weighted by Gasteiger charge is 2.02. The fraction of sp³-hybridized carbons (Fsp3) is 0.875. The smallest absolute Gasteiger partial charge is 0.132 e. The number of ketones is 2. The molecule has 0 aromatic rings. The molecule has 0 aliphatic carbocycles. The number of hydrogen-bond donors (Lipinski definition) is 0. The first-order valence-corrected chi connectivity index (χ1v) is 7.68. The molecular weight excluding hydrogens is 224 g/mol. The SMILES string of the molecule is CCCCCCCCCCC(=O)CCCC(C)=O. The van der Waals surface area contributed by atoms with Gasteiger partial charge in [0.2, 0.25) is 0 Å². The van der Waals surface area contributed by atoms with Crippen molar-refractivity contribution in [3.8, 4) is 0 Å². The molecule has 0 aliphatic rings. The molecule has 0 rings (SSSR count). The van der Waals surface area contributed by atoms with E-state index in [4.69, 9.17) is 0 Å². The van der Waals surface area contributed by atoms with Crippen LogP contribution in [-0.2, 0) is 9.59 Å². The Hall–Kier alpha value is -0.660. The number of Topliss-reactive ketones (excluding diaryl/α,β-unsaturated/α-hetero) is 2. The molecule has 0 heterocycles. The van der Waals surface area contributed by atoms with Crippen molar-refractivity contribution in [1.82, 2.24) is 0 Å². The Bertz CT molecular complexity index is 221. The predicted octanol–water partition coefficient (Wildman–Crippen LogP) is 4.85. The van der Waals surface area contributed by atoms with E-state index in [0.29, 0.717) is 25.0 Å².